The molecule has 162 valence electrons. The number of carbonyl (C=O) groups is 2. The lowest BCUT2D eigenvalue weighted by atomic mass is 10.2. The molecule has 0 unspecified atom stereocenters. The van der Waals surface area contributed by atoms with Crippen LogP contribution >= 0.6 is 11.6 Å². The molecule has 0 aliphatic carbocycles. The Balaban J connectivity index is 1.43. The molecule has 31 heavy (non-hydrogen) atoms. The van der Waals surface area contributed by atoms with Gasteiger partial charge in [-0.05, 0) is 30.3 Å². The molecule has 1 aliphatic heterocycles. The molecule has 1 heterocycles. The van der Waals surface area contributed by atoms with Crippen LogP contribution in [0.2, 0.25) is 5.02 Å². The summed E-state index contributed by atoms with van der Waals surface area (Å²) in [5.74, 6) is -0.732. The molecule has 3 rings (SSSR count). The Bertz CT molecular complexity index is 983. The predicted octanol–water partition coefficient (Wildman–Crippen LogP) is 2.10. The van der Waals surface area contributed by atoms with Gasteiger partial charge in [0.15, 0.2) is 0 Å². The first kappa shape index (κ1) is 22.4. The highest BCUT2D eigenvalue weighted by Crippen LogP contribution is 2.28. The maximum absolute atomic E-state index is 12.1. The Labute approximate surface area is 186 Å². The zero-order valence-electron chi connectivity index (χ0n) is 17.2. The van der Waals surface area contributed by atoms with E-state index in [2.05, 4.69) is 20.4 Å². The molecule has 8 nitrogen and oxygen atoms in total. The number of nitriles is 1. The number of methoxy groups -OCH3 is 1. The number of nitrogens with zero attached hydrogens (tertiary/aromatic N) is 3. The Morgan fingerprint density at radius 1 is 1.13 bits per heavy atom. The average Bonchev–Trinajstić information content (AvgIpc) is 2.79. The van der Waals surface area contributed by atoms with Crippen molar-refractivity contribution in [3.05, 3.63) is 53.1 Å². The van der Waals surface area contributed by atoms with Crippen LogP contribution in [0.25, 0.3) is 0 Å². The molecular weight excluding hydrogens is 418 g/mol. The smallest absolute Gasteiger partial charge is 0.313 e. The normalized spacial score (nSPS) is 13.9. The second kappa shape index (κ2) is 10.7. The molecule has 2 aromatic carbocycles. The average molecular weight is 442 g/mol. The van der Waals surface area contributed by atoms with Gasteiger partial charge in [0.1, 0.15) is 11.8 Å². The van der Waals surface area contributed by atoms with Gasteiger partial charge in [-0.25, -0.2) is 0 Å². The van der Waals surface area contributed by atoms with Crippen LogP contribution in [-0.4, -0.2) is 63.1 Å². The summed E-state index contributed by atoms with van der Waals surface area (Å²) in [6, 6.07) is 14.4. The molecule has 2 aromatic rings. The second-order valence-electron chi connectivity index (χ2n) is 7.01. The number of rotatable bonds is 6. The maximum atomic E-state index is 12.1. The summed E-state index contributed by atoms with van der Waals surface area (Å²) in [7, 11) is 1.67. The third-order valence-corrected chi connectivity index (χ3v) is 5.30. The van der Waals surface area contributed by atoms with E-state index >= 15 is 0 Å². The van der Waals surface area contributed by atoms with Crippen LogP contribution in [0.15, 0.2) is 42.5 Å². The summed E-state index contributed by atoms with van der Waals surface area (Å²) in [4.78, 5) is 28.7. The fourth-order valence-electron chi connectivity index (χ4n) is 3.41. The van der Waals surface area contributed by atoms with Gasteiger partial charge in [0.25, 0.3) is 0 Å². The quantitative estimate of drug-likeness (QED) is 0.666. The summed E-state index contributed by atoms with van der Waals surface area (Å²) in [6.07, 6.45) is 0. The van der Waals surface area contributed by atoms with Crippen molar-refractivity contribution in [2.45, 2.75) is 0 Å². The number of benzene rings is 2. The lowest BCUT2D eigenvalue weighted by molar-refractivity contribution is -0.136. The molecule has 0 bridgehead atoms. The van der Waals surface area contributed by atoms with Gasteiger partial charge in [0.2, 0.25) is 0 Å². The first-order chi connectivity index (χ1) is 15.0. The monoisotopic (exact) mass is 441 g/mol. The Kier molecular flexibility index (Phi) is 7.70. The SMILES string of the molecule is COc1ccccc1N1CCN(CCNC(=O)C(=O)Nc2cc(Cl)ccc2C#N)CC1. The van der Waals surface area contributed by atoms with Crippen molar-refractivity contribution in [2.24, 2.45) is 0 Å². The topological polar surface area (TPSA) is 97.7 Å². The Morgan fingerprint density at radius 2 is 1.87 bits per heavy atom. The summed E-state index contributed by atoms with van der Waals surface area (Å²) in [5.41, 5.74) is 1.52. The minimum Gasteiger partial charge on any atom is -0.495 e. The van der Waals surface area contributed by atoms with Gasteiger partial charge in [-0.2, -0.15) is 5.26 Å². The molecule has 1 saturated heterocycles. The number of piperazine rings is 1. The summed E-state index contributed by atoms with van der Waals surface area (Å²) in [5, 5.41) is 14.5. The molecule has 0 aromatic heterocycles. The standard InChI is InChI=1S/C22H24ClN5O3/c1-31-20-5-3-2-4-19(20)28-12-10-27(11-13-28)9-8-25-21(29)22(30)26-18-14-17(23)7-6-16(18)15-24/h2-7,14H,8-13H2,1H3,(H,25,29)(H,26,30). The predicted molar refractivity (Wildman–Crippen MR) is 119 cm³/mol. The van der Waals surface area contributed by atoms with Crippen molar-refractivity contribution < 1.29 is 14.3 Å². The molecule has 0 spiro atoms. The van der Waals surface area contributed by atoms with E-state index in [9.17, 15) is 9.59 Å². The van der Waals surface area contributed by atoms with Crippen LogP contribution in [0.5, 0.6) is 5.75 Å². The van der Waals surface area contributed by atoms with E-state index in [1.807, 2.05) is 30.3 Å². The molecule has 0 atom stereocenters. The van der Waals surface area contributed by atoms with Gasteiger partial charge in [0, 0.05) is 44.3 Å². The van der Waals surface area contributed by atoms with Crippen LogP contribution in [0.1, 0.15) is 5.56 Å². The number of amides is 2. The van der Waals surface area contributed by atoms with E-state index in [4.69, 9.17) is 21.6 Å². The number of anilines is 2. The van der Waals surface area contributed by atoms with E-state index in [-0.39, 0.29) is 11.3 Å². The summed E-state index contributed by atoms with van der Waals surface area (Å²) >= 11 is 5.90. The van der Waals surface area contributed by atoms with Gasteiger partial charge < -0.3 is 20.3 Å². The fraction of sp³-hybridized carbons (Fsp3) is 0.318. The van der Waals surface area contributed by atoms with Crippen LogP contribution in [0, 0.1) is 11.3 Å². The van der Waals surface area contributed by atoms with Crippen LogP contribution in [0.4, 0.5) is 11.4 Å². The minimum absolute atomic E-state index is 0.211. The first-order valence-corrected chi connectivity index (χ1v) is 10.3. The van der Waals surface area contributed by atoms with Crippen molar-refractivity contribution >= 4 is 34.8 Å². The van der Waals surface area contributed by atoms with E-state index in [1.54, 1.807) is 13.2 Å². The molecule has 9 heteroatoms. The molecule has 0 radical (unpaired) electrons. The highest BCUT2D eigenvalue weighted by Gasteiger charge is 2.20. The maximum Gasteiger partial charge on any atom is 0.313 e. The molecule has 2 amide bonds. The summed E-state index contributed by atoms with van der Waals surface area (Å²) in [6.45, 7) is 4.37. The van der Waals surface area contributed by atoms with Gasteiger partial charge in [-0.15, -0.1) is 0 Å². The van der Waals surface area contributed by atoms with E-state index in [0.717, 1.165) is 37.6 Å². The van der Waals surface area contributed by atoms with Crippen LogP contribution in [-0.2, 0) is 9.59 Å². The number of hydrogen-bond acceptors (Lipinski definition) is 6. The number of hydrogen-bond donors (Lipinski definition) is 2. The van der Waals surface area contributed by atoms with Crippen molar-refractivity contribution in [3.63, 3.8) is 0 Å². The number of para-hydroxylation sites is 2. The van der Waals surface area contributed by atoms with Gasteiger partial charge in [0.05, 0.1) is 24.0 Å². The van der Waals surface area contributed by atoms with Crippen molar-refractivity contribution in [1.29, 1.82) is 5.26 Å². The minimum atomic E-state index is -0.834. The van der Waals surface area contributed by atoms with Crippen LogP contribution in [0.3, 0.4) is 0 Å². The van der Waals surface area contributed by atoms with E-state index in [1.165, 1.54) is 12.1 Å². The molecular formula is C22H24ClN5O3. The number of carbonyl (C=O) groups excluding carboxylic acids is 2. The van der Waals surface area contributed by atoms with Gasteiger partial charge >= 0.3 is 11.8 Å². The number of nitrogens with one attached hydrogen (secondary N) is 2. The molecule has 1 fully saturated rings. The second-order valence-corrected chi connectivity index (χ2v) is 7.45. The molecule has 0 saturated carbocycles. The lowest BCUT2D eigenvalue weighted by Crippen LogP contribution is -2.49. The Morgan fingerprint density at radius 3 is 2.58 bits per heavy atom. The van der Waals surface area contributed by atoms with Crippen molar-refractivity contribution in [3.8, 4) is 11.8 Å². The zero-order valence-corrected chi connectivity index (χ0v) is 18.0. The Hall–Kier alpha value is -3.28. The number of halogens is 1. The highest BCUT2D eigenvalue weighted by molar-refractivity contribution is 6.40. The molecule has 1 aliphatic rings. The third-order valence-electron chi connectivity index (χ3n) is 5.07. The van der Waals surface area contributed by atoms with Crippen LogP contribution < -0.4 is 20.3 Å². The largest absolute Gasteiger partial charge is 0.495 e. The molecule has 2 N–H and O–H groups in total. The zero-order chi connectivity index (χ0) is 22.2. The summed E-state index contributed by atoms with van der Waals surface area (Å²) < 4.78 is 5.44. The van der Waals surface area contributed by atoms with Gasteiger partial charge in [-0.1, -0.05) is 23.7 Å². The number of ether oxygens (including phenoxy) is 1. The first-order valence-electron chi connectivity index (χ1n) is 9.91. The lowest BCUT2D eigenvalue weighted by Gasteiger charge is -2.36. The third kappa shape index (κ3) is 5.87. The van der Waals surface area contributed by atoms with Crippen molar-refractivity contribution in [1.82, 2.24) is 10.2 Å². The van der Waals surface area contributed by atoms with E-state index in [0.29, 0.717) is 18.1 Å². The highest BCUT2D eigenvalue weighted by atomic mass is 35.5. The van der Waals surface area contributed by atoms with Crippen molar-refractivity contribution in [2.75, 3.05) is 56.6 Å². The van der Waals surface area contributed by atoms with E-state index < -0.39 is 11.8 Å². The van der Waals surface area contributed by atoms with Gasteiger partial charge in [-0.3, -0.25) is 14.5 Å². The fourth-order valence-corrected chi connectivity index (χ4v) is 3.58.